The summed E-state index contributed by atoms with van der Waals surface area (Å²) < 4.78 is 23.3. The number of sulfone groups is 1. The smallest absolute Gasteiger partial charge is 0.151 e. The zero-order chi connectivity index (χ0) is 13.9. The van der Waals surface area contributed by atoms with Crippen LogP contribution in [0.4, 0.5) is 0 Å². The lowest BCUT2D eigenvalue weighted by atomic mass is 10.1. The highest BCUT2D eigenvalue weighted by Crippen LogP contribution is 2.21. The molecule has 1 fully saturated rings. The predicted molar refractivity (Wildman–Crippen MR) is 78.9 cm³/mol. The number of benzene rings is 1. The molecule has 0 aromatic heterocycles. The highest BCUT2D eigenvalue weighted by atomic mass is 32.2. The molecule has 0 spiro atoms. The van der Waals surface area contributed by atoms with Crippen LogP contribution < -0.4 is 0 Å². The molecule has 0 radical (unpaired) electrons. The first-order valence-corrected chi connectivity index (χ1v) is 8.83. The van der Waals surface area contributed by atoms with Crippen LogP contribution in [0.3, 0.4) is 0 Å². The van der Waals surface area contributed by atoms with Crippen molar-refractivity contribution in [2.45, 2.75) is 39.3 Å². The maximum atomic E-state index is 11.6. The summed E-state index contributed by atoms with van der Waals surface area (Å²) in [4.78, 5) is 2.34. The van der Waals surface area contributed by atoms with Gasteiger partial charge in [-0.2, -0.15) is 0 Å². The molecule has 4 heteroatoms. The summed E-state index contributed by atoms with van der Waals surface area (Å²) in [5.74, 6) is 0.685. The van der Waals surface area contributed by atoms with Crippen LogP contribution in [0, 0.1) is 6.92 Å². The first kappa shape index (κ1) is 14.5. The van der Waals surface area contributed by atoms with E-state index in [2.05, 4.69) is 36.9 Å². The molecule has 1 saturated heterocycles. The van der Waals surface area contributed by atoms with Crippen molar-refractivity contribution in [2.75, 3.05) is 18.1 Å². The van der Waals surface area contributed by atoms with Crippen LogP contribution in [0.2, 0.25) is 0 Å². The number of nitrogens with zero attached hydrogens (tertiary/aromatic N) is 1. The van der Waals surface area contributed by atoms with Gasteiger partial charge in [0.15, 0.2) is 9.84 Å². The van der Waals surface area contributed by atoms with E-state index in [0.717, 1.165) is 25.9 Å². The standard InChI is InChI=1S/C15H23NO2S/c1-3-9-16(15-8-10-19(17,18)12-15)11-14-7-5-4-6-13(14)2/h4-7,15H,3,8-12H2,1-2H3/t15-/m1/s1. The lowest BCUT2D eigenvalue weighted by Crippen LogP contribution is -2.36. The molecular weight excluding hydrogens is 258 g/mol. The molecule has 0 aliphatic carbocycles. The summed E-state index contributed by atoms with van der Waals surface area (Å²) in [6.45, 7) is 6.09. The van der Waals surface area contributed by atoms with Gasteiger partial charge in [0.25, 0.3) is 0 Å². The van der Waals surface area contributed by atoms with Crippen LogP contribution in [-0.4, -0.2) is 37.4 Å². The Bertz CT molecular complexity index is 525. The molecule has 1 aromatic rings. The normalized spacial score (nSPS) is 21.9. The van der Waals surface area contributed by atoms with Gasteiger partial charge in [-0.05, 0) is 37.4 Å². The van der Waals surface area contributed by atoms with Gasteiger partial charge < -0.3 is 0 Å². The Hall–Kier alpha value is -0.870. The van der Waals surface area contributed by atoms with Crippen molar-refractivity contribution in [1.29, 1.82) is 0 Å². The topological polar surface area (TPSA) is 37.4 Å². The molecule has 0 unspecified atom stereocenters. The molecule has 0 amide bonds. The quantitative estimate of drug-likeness (QED) is 0.831. The molecule has 106 valence electrons. The summed E-state index contributed by atoms with van der Waals surface area (Å²) >= 11 is 0. The van der Waals surface area contributed by atoms with E-state index in [9.17, 15) is 8.42 Å². The molecule has 0 saturated carbocycles. The minimum atomic E-state index is -2.80. The maximum absolute atomic E-state index is 11.6. The first-order chi connectivity index (χ1) is 9.02. The van der Waals surface area contributed by atoms with Crippen LogP contribution in [0.1, 0.15) is 30.9 Å². The van der Waals surface area contributed by atoms with Crippen molar-refractivity contribution >= 4 is 9.84 Å². The van der Waals surface area contributed by atoms with Crippen LogP contribution in [0.15, 0.2) is 24.3 Å². The van der Waals surface area contributed by atoms with Gasteiger partial charge in [-0.1, -0.05) is 31.2 Å². The Labute approximate surface area is 116 Å². The molecule has 1 aliphatic rings. The van der Waals surface area contributed by atoms with Gasteiger partial charge in [-0.25, -0.2) is 8.42 Å². The molecule has 3 nitrogen and oxygen atoms in total. The van der Waals surface area contributed by atoms with Gasteiger partial charge in [-0.3, -0.25) is 4.90 Å². The highest BCUT2D eigenvalue weighted by Gasteiger charge is 2.31. The molecule has 1 heterocycles. The van der Waals surface area contributed by atoms with E-state index in [0.29, 0.717) is 11.5 Å². The molecule has 19 heavy (non-hydrogen) atoms. The number of hydrogen-bond donors (Lipinski definition) is 0. The fourth-order valence-corrected chi connectivity index (χ4v) is 4.51. The molecule has 0 bridgehead atoms. The van der Waals surface area contributed by atoms with Crippen molar-refractivity contribution in [1.82, 2.24) is 4.90 Å². The van der Waals surface area contributed by atoms with Crippen LogP contribution in [0.5, 0.6) is 0 Å². The van der Waals surface area contributed by atoms with Crippen LogP contribution >= 0.6 is 0 Å². The third-order valence-corrected chi connectivity index (χ3v) is 5.62. The van der Waals surface area contributed by atoms with Crippen molar-refractivity contribution in [3.05, 3.63) is 35.4 Å². The number of hydrogen-bond acceptors (Lipinski definition) is 3. The van der Waals surface area contributed by atoms with Crippen molar-refractivity contribution in [3.8, 4) is 0 Å². The SMILES string of the molecule is CCCN(Cc1ccccc1C)[C@@H]1CCS(=O)(=O)C1. The van der Waals surface area contributed by atoms with Crippen molar-refractivity contribution in [2.24, 2.45) is 0 Å². The molecule has 1 aliphatic heterocycles. The lowest BCUT2D eigenvalue weighted by Gasteiger charge is -2.28. The largest absolute Gasteiger partial charge is 0.295 e. The molecule has 2 rings (SSSR count). The van der Waals surface area contributed by atoms with Crippen molar-refractivity contribution < 1.29 is 8.42 Å². The van der Waals surface area contributed by atoms with Gasteiger partial charge in [0, 0.05) is 12.6 Å². The van der Waals surface area contributed by atoms with E-state index >= 15 is 0 Å². The summed E-state index contributed by atoms with van der Waals surface area (Å²) in [6.07, 6.45) is 1.84. The minimum Gasteiger partial charge on any atom is -0.295 e. The molecular formula is C15H23NO2S. The van der Waals surface area contributed by atoms with E-state index in [1.165, 1.54) is 11.1 Å². The van der Waals surface area contributed by atoms with Gasteiger partial charge in [0.1, 0.15) is 0 Å². The maximum Gasteiger partial charge on any atom is 0.151 e. The Morgan fingerprint density at radius 2 is 2.05 bits per heavy atom. The minimum absolute atomic E-state index is 0.199. The van der Waals surface area contributed by atoms with E-state index in [-0.39, 0.29) is 6.04 Å². The van der Waals surface area contributed by atoms with Crippen LogP contribution in [0.25, 0.3) is 0 Å². The third kappa shape index (κ3) is 3.80. The zero-order valence-corrected chi connectivity index (χ0v) is 12.6. The number of rotatable bonds is 5. The Morgan fingerprint density at radius 3 is 2.63 bits per heavy atom. The first-order valence-electron chi connectivity index (χ1n) is 7.01. The third-order valence-electron chi connectivity index (χ3n) is 3.87. The average molecular weight is 281 g/mol. The lowest BCUT2D eigenvalue weighted by molar-refractivity contribution is 0.203. The molecule has 1 aromatic carbocycles. The summed E-state index contributed by atoms with van der Waals surface area (Å²) in [5.41, 5.74) is 2.59. The van der Waals surface area contributed by atoms with Gasteiger partial charge in [0.05, 0.1) is 11.5 Å². The highest BCUT2D eigenvalue weighted by molar-refractivity contribution is 7.91. The Kier molecular flexibility index (Phi) is 4.63. The fraction of sp³-hybridized carbons (Fsp3) is 0.600. The predicted octanol–water partition coefficient (Wildman–Crippen LogP) is 2.39. The monoisotopic (exact) mass is 281 g/mol. The second kappa shape index (κ2) is 6.06. The van der Waals surface area contributed by atoms with Crippen molar-refractivity contribution in [3.63, 3.8) is 0 Å². The second-order valence-corrected chi connectivity index (χ2v) is 7.68. The Morgan fingerprint density at radius 1 is 1.32 bits per heavy atom. The summed E-state index contributed by atoms with van der Waals surface area (Å²) in [7, 11) is -2.80. The van der Waals surface area contributed by atoms with E-state index < -0.39 is 9.84 Å². The number of aryl methyl sites for hydroxylation is 1. The fourth-order valence-electron chi connectivity index (χ4n) is 2.75. The van der Waals surface area contributed by atoms with E-state index in [1.54, 1.807) is 0 Å². The van der Waals surface area contributed by atoms with Crippen LogP contribution in [-0.2, 0) is 16.4 Å². The van der Waals surface area contributed by atoms with E-state index in [1.807, 2.05) is 6.07 Å². The van der Waals surface area contributed by atoms with Gasteiger partial charge in [-0.15, -0.1) is 0 Å². The molecule has 0 N–H and O–H groups in total. The van der Waals surface area contributed by atoms with E-state index in [4.69, 9.17) is 0 Å². The zero-order valence-electron chi connectivity index (χ0n) is 11.8. The van der Waals surface area contributed by atoms with Gasteiger partial charge in [0.2, 0.25) is 0 Å². The molecule has 1 atom stereocenters. The Balaban J connectivity index is 2.11. The summed E-state index contributed by atoms with van der Waals surface area (Å²) in [6, 6.07) is 8.55. The average Bonchev–Trinajstić information content (AvgIpc) is 2.72. The summed E-state index contributed by atoms with van der Waals surface area (Å²) in [5, 5.41) is 0. The second-order valence-electron chi connectivity index (χ2n) is 5.45. The van der Waals surface area contributed by atoms with Gasteiger partial charge >= 0.3 is 0 Å².